The number of ether oxygens (including phenoxy) is 1. The van der Waals surface area contributed by atoms with Gasteiger partial charge in [0.05, 0.1) is 7.11 Å². The van der Waals surface area contributed by atoms with Crippen molar-refractivity contribution in [3.05, 3.63) is 16.3 Å². The van der Waals surface area contributed by atoms with E-state index in [-0.39, 0.29) is 5.91 Å². The number of amides is 1. The van der Waals surface area contributed by atoms with Gasteiger partial charge in [-0.25, -0.2) is 0 Å². The van der Waals surface area contributed by atoms with Gasteiger partial charge in [0.15, 0.2) is 0 Å². The smallest absolute Gasteiger partial charge is 0.265 e. The molecule has 1 N–H and O–H groups in total. The Morgan fingerprint density at radius 2 is 2.44 bits per heavy atom. The summed E-state index contributed by atoms with van der Waals surface area (Å²) < 4.78 is 5.19. The van der Waals surface area contributed by atoms with Crippen LogP contribution in [0.3, 0.4) is 0 Å². The summed E-state index contributed by atoms with van der Waals surface area (Å²) in [4.78, 5) is 12.9. The molecule has 5 heteroatoms. The third-order valence-corrected chi connectivity index (χ3v) is 5.43. The average Bonchev–Trinajstić information content (AvgIpc) is 2.98. The number of hydrogen-bond acceptors (Lipinski definition) is 4. The molecule has 1 aromatic rings. The lowest BCUT2D eigenvalue weighted by atomic mass is 10.2. The molecule has 1 aromatic heterocycles. The maximum atomic E-state index is 12.2. The highest BCUT2D eigenvalue weighted by atomic mass is 32.2. The van der Waals surface area contributed by atoms with Crippen LogP contribution in [0.1, 0.15) is 35.9 Å². The summed E-state index contributed by atoms with van der Waals surface area (Å²) in [6.07, 6.45) is 3.52. The molecular formula is C13H19NO2S2. The summed E-state index contributed by atoms with van der Waals surface area (Å²) in [6, 6.07) is 2.15. The second-order valence-electron chi connectivity index (χ2n) is 4.32. The number of thioether (sulfide) groups is 1. The molecule has 2 rings (SSSR count). The number of thiophene rings is 1. The zero-order valence-corrected chi connectivity index (χ0v) is 12.4. The highest BCUT2D eigenvalue weighted by molar-refractivity contribution is 7.99. The molecule has 2 atom stereocenters. The summed E-state index contributed by atoms with van der Waals surface area (Å²) in [5.41, 5.74) is 0. The van der Waals surface area contributed by atoms with Crippen molar-refractivity contribution < 1.29 is 9.53 Å². The normalized spacial score (nSPS) is 23.0. The molecule has 1 saturated carbocycles. The molecule has 100 valence electrons. The first kappa shape index (κ1) is 13.7. The Morgan fingerprint density at radius 1 is 1.61 bits per heavy atom. The fourth-order valence-electron chi connectivity index (χ4n) is 2.36. The van der Waals surface area contributed by atoms with E-state index in [1.165, 1.54) is 24.2 Å². The van der Waals surface area contributed by atoms with Gasteiger partial charge >= 0.3 is 0 Å². The molecule has 0 bridgehead atoms. The van der Waals surface area contributed by atoms with Crippen molar-refractivity contribution >= 4 is 29.0 Å². The standard InChI is InChI=1S/C13H19NO2S2/c1-3-17-11-6-4-5-9(11)14-13(15)12-10(16-2)7-8-18-12/h7-9,11H,3-6H2,1-2H3,(H,14,15)/t9-,11-/m0/s1. The van der Waals surface area contributed by atoms with Crippen LogP contribution in [0, 0.1) is 0 Å². The lowest BCUT2D eigenvalue weighted by Crippen LogP contribution is -2.38. The first-order valence-electron chi connectivity index (χ1n) is 6.30. The topological polar surface area (TPSA) is 38.3 Å². The maximum absolute atomic E-state index is 12.2. The lowest BCUT2D eigenvalue weighted by Gasteiger charge is -2.19. The largest absolute Gasteiger partial charge is 0.495 e. The van der Waals surface area contributed by atoms with Crippen LogP contribution in [-0.2, 0) is 0 Å². The second-order valence-corrected chi connectivity index (χ2v) is 6.76. The van der Waals surface area contributed by atoms with Crippen LogP contribution in [-0.4, -0.2) is 30.1 Å². The van der Waals surface area contributed by atoms with Crippen molar-refractivity contribution in [1.29, 1.82) is 0 Å². The second kappa shape index (κ2) is 6.48. The molecule has 1 fully saturated rings. The summed E-state index contributed by atoms with van der Waals surface area (Å²) >= 11 is 3.39. The fraction of sp³-hybridized carbons (Fsp3) is 0.615. The van der Waals surface area contributed by atoms with E-state index in [1.54, 1.807) is 7.11 Å². The van der Waals surface area contributed by atoms with Crippen LogP contribution in [0.4, 0.5) is 0 Å². The van der Waals surface area contributed by atoms with E-state index < -0.39 is 0 Å². The first-order valence-corrected chi connectivity index (χ1v) is 8.23. The predicted octanol–water partition coefficient (Wildman–Crippen LogP) is 3.16. The number of carbonyl (C=O) groups is 1. The number of hydrogen-bond donors (Lipinski definition) is 1. The van der Waals surface area contributed by atoms with Crippen molar-refractivity contribution in [1.82, 2.24) is 5.32 Å². The third kappa shape index (κ3) is 3.01. The van der Waals surface area contributed by atoms with Crippen molar-refractivity contribution in [2.24, 2.45) is 0 Å². The van der Waals surface area contributed by atoms with Gasteiger partial charge in [0.25, 0.3) is 5.91 Å². The van der Waals surface area contributed by atoms with Gasteiger partial charge in [0.2, 0.25) is 0 Å². The molecule has 1 aliphatic carbocycles. The Hall–Kier alpha value is -0.680. The predicted molar refractivity (Wildman–Crippen MR) is 77.9 cm³/mol. The lowest BCUT2D eigenvalue weighted by molar-refractivity contribution is 0.0940. The molecule has 1 aliphatic rings. The van der Waals surface area contributed by atoms with E-state index in [9.17, 15) is 4.79 Å². The Balaban J connectivity index is 1.98. The van der Waals surface area contributed by atoms with Crippen LogP contribution in [0.15, 0.2) is 11.4 Å². The van der Waals surface area contributed by atoms with E-state index in [4.69, 9.17) is 4.74 Å². The zero-order valence-electron chi connectivity index (χ0n) is 10.8. The Morgan fingerprint density at radius 3 is 3.17 bits per heavy atom. The molecule has 0 aromatic carbocycles. The van der Waals surface area contributed by atoms with E-state index in [1.807, 2.05) is 23.2 Å². The van der Waals surface area contributed by atoms with E-state index >= 15 is 0 Å². The number of methoxy groups -OCH3 is 1. The van der Waals surface area contributed by atoms with Gasteiger partial charge in [0, 0.05) is 11.3 Å². The van der Waals surface area contributed by atoms with Gasteiger partial charge in [-0.05, 0) is 30.0 Å². The van der Waals surface area contributed by atoms with E-state index in [2.05, 4.69) is 12.2 Å². The zero-order chi connectivity index (χ0) is 13.0. The van der Waals surface area contributed by atoms with Crippen LogP contribution in [0.25, 0.3) is 0 Å². The summed E-state index contributed by atoms with van der Waals surface area (Å²) in [7, 11) is 1.60. The highest BCUT2D eigenvalue weighted by Crippen LogP contribution is 2.31. The molecule has 0 saturated heterocycles. The van der Waals surface area contributed by atoms with Crippen LogP contribution in [0.5, 0.6) is 5.75 Å². The van der Waals surface area contributed by atoms with Gasteiger partial charge in [-0.3, -0.25) is 4.79 Å². The minimum absolute atomic E-state index is 0.00968. The average molecular weight is 285 g/mol. The maximum Gasteiger partial charge on any atom is 0.265 e. The van der Waals surface area contributed by atoms with Gasteiger partial charge in [-0.1, -0.05) is 13.3 Å². The first-order chi connectivity index (χ1) is 8.76. The molecule has 1 amide bonds. The molecule has 0 unspecified atom stereocenters. The molecular weight excluding hydrogens is 266 g/mol. The SMILES string of the molecule is CCS[C@H]1CCC[C@@H]1NC(=O)c1sccc1OC. The Labute approximate surface area is 116 Å². The van der Waals surface area contributed by atoms with E-state index in [0.29, 0.717) is 21.9 Å². The number of rotatable bonds is 5. The summed E-state index contributed by atoms with van der Waals surface area (Å²) in [6.45, 7) is 2.17. The van der Waals surface area contributed by atoms with Crippen LogP contribution in [0.2, 0.25) is 0 Å². The number of nitrogens with one attached hydrogen (secondary N) is 1. The van der Waals surface area contributed by atoms with Crippen molar-refractivity contribution in [2.45, 2.75) is 37.5 Å². The molecule has 3 nitrogen and oxygen atoms in total. The van der Waals surface area contributed by atoms with Gasteiger partial charge in [-0.2, -0.15) is 11.8 Å². The van der Waals surface area contributed by atoms with Gasteiger partial charge < -0.3 is 10.1 Å². The minimum atomic E-state index is 0.00968. The van der Waals surface area contributed by atoms with Crippen LogP contribution < -0.4 is 10.1 Å². The Bertz CT molecular complexity index is 405. The highest BCUT2D eigenvalue weighted by Gasteiger charge is 2.29. The Kier molecular flexibility index (Phi) is 4.95. The summed E-state index contributed by atoms with van der Waals surface area (Å²) in [5.74, 6) is 1.80. The van der Waals surface area contributed by atoms with Crippen molar-refractivity contribution in [3.63, 3.8) is 0 Å². The minimum Gasteiger partial charge on any atom is -0.495 e. The third-order valence-electron chi connectivity index (χ3n) is 3.21. The molecule has 0 spiro atoms. The van der Waals surface area contributed by atoms with Gasteiger partial charge in [-0.15, -0.1) is 11.3 Å². The van der Waals surface area contributed by atoms with Crippen LogP contribution >= 0.6 is 23.1 Å². The molecule has 0 aliphatic heterocycles. The quantitative estimate of drug-likeness (QED) is 0.903. The van der Waals surface area contributed by atoms with Crippen molar-refractivity contribution in [2.75, 3.05) is 12.9 Å². The van der Waals surface area contributed by atoms with Crippen molar-refractivity contribution in [3.8, 4) is 5.75 Å². The number of carbonyl (C=O) groups excluding carboxylic acids is 1. The molecule has 0 radical (unpaired) electrons. The fourth-order valence-corrected chi connectivity index (χ4v) is 4.32. The van der Waals surface area contributed by atoms with E-state index in [0.717, 1.165) is 12.2 Å². The molecule has 18 heavy (non-hydrogen) atoms. The van der Waals surface area contributed by atoms with Gasteiger partial charge in [0.1, 0.15) is 10.6 Å². The monoisotopic (exact) mass is 285 g/mol. The summed E-state index contributed by atoms with van der Waals surface area (Å²) in [5, 5.41) is 5.63. The molecule has 1 heterocycles.